The first-order chi connectivity index (χ1) is 10.2. The van der Waals surface area contributed by atoms with Gasteiger partial charge in [0.25, 0.3) is 0 Å². The van der Waals surface area contributed by atoms with E-state index in [0.29, 0.717) is 30.2 Å². The van der Waals surface area contributed by atoms with Crippen LogP contribution in [0.15, 0.2) is 4.99 Å². The van der Waals surface area contributed by atoms with Crippen LogP contribution in [0, 0.1) is 5.92 Å². The Morgan fingerprint density at radius 2 is 1.86 bits per heavy atom. The Labute approximate surface area is 128 Å². The van der Waals surface area contributed by atoms with Gasteiger partial charge in [0.15, 0.2) is 0 Å². The van der Waals surface area contributed by atoms with Crippen LogP contribution in [0.3, 0.4) is 0 Å². The number of likely N-dealkylation sites (N-methyl/N-ethyl adjacent to an activating group) is 1. The van der Waals surface area contributed by atoms with E-state index in [4.69, 9.17) is 4.99 Å². The number of aliphatic imine (C=N–C) groups is 1. The molecule has 4 aliphatic rings. The summed E-state index contributed by atoms with van der Waals surface area (Å²) >= 11 is 0. The van der Waals surface area contributed by atoms with Gasteiger partial charge >= 0.3 is 0 Å². The van der Waals surface area contributed by atoms with Gasteiger partial charge in [-0.15, -0.1) is 0 Å². The van der Waals surface area contributed by atoms with E-state index in [1.165, 1.54) is 57.3 Å². The highest BCUT2D eigenvalue weighted by molar-refractivity contribution is 5.82. The van der Waals surface area contributed by atoms with Crippen LogP contribution in [0.5, 0.6) is 0 Å². The van der Waals surface area contributed by atoms with Crippen molar-refractivity contribution in [1.29, 1.82) is 0 Å². The monoisotopic (exact) mass is 290 g/mol. The third kappa shape index (κ3) is 2.50. The van der Waals surface area contributed by atoms with Gasteiger partial charge in [0.05, 0.1) is 17.9 Å². The van der Waals surface area contributed by atoms with Crippen molar-refractivity contribution in [3.63, 3.8) is 0 Å². The van der Waals surface area contributed by atoms with Crippen LogP contribution in [0.1, 0.15) is 51.9 Å². The number of nitrogens with one attached hydrogen (secondary N) is 2. The third-order valence-electron chi connectivity index (χ3n) is 6.53. The van der Waals surface area contributed by atoms with Crippen molar-refractivity contribution in [2.75, 3.05) is 13.6 Å². The molecule has 1 saturated heterocycles. The molecule has 0 aromatic rings. The van der Waals surface area contributed by atoms with Crippen LogP contribution in [0.25, 0.3) is 0 Å². The van der Waals surface area contributed by atoms with Crippen LogP contribution in [-0.2, 0) is 0 Å². The smallest absolute Gasteiger partial charge is 0.0962 e. The van der Waals surface area contributed by atoms with Gasteiger partial charge < -0.3 is 15.5 Å². The summed E-state index contributed by atoms with van der Waals surface area (Å²) in [4.78, 5) is 7.28. The summed E-state index contributed by atoms with van der Waals surface area (Å²) in [5.74, 6) is 2.14. The molecule has 2 heterocycles. The standard InChI is InChI=1S/C17H30N4/c1-11-19-15-8-13-14(9-17(15)21(11)2)20-16(10-18-13)12-6-4-3-5-7-12/h12-18,20H,3-10H2,1-2H3. The lowest BCUT2D eigenvalue weighted by molar-refractivity contribution is 0.123. The molecule has 4 heteroatoms. The summed E-state index contributed by atoms with van der Waals surface area (Å²) in [5.41, 5.74) is 0. The van der Waals surface area contributed by atoms with E-state index in [1.807, 2.05) is 0 Å². The predicted octanol–water partition coefficient (Wildman–Crippen LogP) is 1.76. The summed E-state index contributed by atoms with van der Waals surface area (Å²) < 4.78 is 0. The number of nitrogens with zero attached hydrogens (tertiary/aromatic N) is 2. The molecule has 4 nitrogen and oxygen atoms in total. The van der Waals surface area contributed by atoms with Crippen LogP contribution < -0.4 is 10.6 Å². The van der Waals surface area contributed by atoms with E-state index in [-0.39, 0.29) is 0 Å². The molecule has 0 aromatic heterocycles. The normalized spacial score (nSPS) is 44.2. The Morgan fingerprint density at radius 1 is 1.05 bits per heavy atom. The first-order valence-corrected chi connectivity index (χ1v) is 8.99. The maximum atomic E-state index is 4.87. The molecule has 2 N–H and O–H groups in total. The number of fused-ring (bicyclic) bond motifs is 2. The van der Waals surface area contributed by atoms with Crippen molar-refractivity contribution >= 4 is 5.84 Å². The van der Waals surface area contributed by atoms with E-state index in [2.05, 4.69) is 29.5 Å². The van der Waals surface area contributed by atoms with Crippen LogP contribution >= 0.6 is 0 Å². The Hall–Kier alpha value is -0.610. The summed E-state index contributed by atoms with van der Waals surface area (Å²) in [6.07, 6.45) is 9.67. The summed E-state index contributed by atoms with van der Waals surface area (Å²) in [6.45, 7) is 3.33. The number of piperazine rings is 1. The topological polar surface area (TPSA) is 39.7 Å². The minimum Gasteiger partial charge on any atom is -0.358 e. The van der Waals surface area contributed by atoms with Gasteiger partial charge in [-0.25, -0.2) is 0 Å². The van der Waals surface area contributed by atoms with Gasteiger partial charge in [-0.1, -0.05) is 19.3 Å². The van der Waals surface area contributed by atoms with E-state index < -0.39 is 0 Å². The van der Waals surface area contributed by atoms with Gasteiger partial charge in [-0.3, -0.25) is 4.99 Å². The third-order valence-corrected chi connectivity index (χ3v) is 6.53. The fourth-order valence-electron chi connectivity index (χ4n) is 5.15. The summed E-state index contributed by atoms with van der Waals surface area (Å²) in [7, 11) is 2.22. The number of hydrogen-bond donors (Lipinski definition) is 2. The molecule has 0 aromatic carbocycles. The van der Waals surface area contributed by atoms with Crippen molar-refractivity contribution in [3.8, 4) is 0 Å². The first-order valence-electron chi connectivity index (χ1n) is 8.99. The molecule has 5 atom stereocenters. The highest BCUT2D eigenvalue weighted by atomic mass is 15.3. The number of hydrogen-bond acceptors (Lipinski definition) is 4. The zero-order valence-corrected chi connectivity index (χ0v) is 13.5. The van der Waals surface area contributed by atoms with Crippen molar-refractivity contribution in [3.05, 3.63) is 0 Å². The fraction of sp³-hybridized carbons (Fsp3) is 0.941. The predicted molar refractivity (Wildman–Crippen MR) is 86.8 cm³/mol. The molecule has 0 amide bonds. The van der Waals surface area contributed by atoms with Gasteiger partial charge in [-0.05, 0) is 38.5 Å². The van der Waals surface area contributed by atoms with Crippen molar-refractivity contribution in [1.82, 2.24) is 15.5 Å². The van der Waals surface area contributed by atoms with Gasteiger partial charge in [0.1, 0.15) is 0 Å². The Morgan fingerprint density at radius 3 is 2.67 bits per heavy atom. The first kappa shape index (κ1) is 14.0. The average Bonchev–Trinajstić information content (AvgIpc) is 2.80. The fourth-order valence-corrected chi connectivity index (χ4v) is 5.15. The lowest BCUT2D eigenvalue weighted by Crippen LogP contribution is -2.67. The zero-order chi connectivity index (χ0) is 14.4. The number of rotatable bonds is 1. The lowest BCUT2D eigenvalue weighted by atomic mass is 9.78. The van der Waals surface area contributed by atoms with Gasteiger partial charge in [0.2, 0.25) is 0 Å². The maximum absolute atomic E-state index is 4.87. The van der Waals surface area contributed by atoms with Crippen LogP contribution in [-0.4, -0.2) is 54.5 Å². The quantitative estimate of drug-likeness (QED) is 0.773. The number of amidine groups is 1. The molecule has 4 rings (SSSR count). The van der Waals surface area contributed by atoms with E-state index in [9.17, 15) is 0 Å². The molecule has 118 valence electrons. The van der Waals surface area contributed by atoms with Gasteiger partial charge in [-0.2, -0.15) is 0 Å². The minimum absolute atomic E-state index is 0.525. The molecular weight excluding hydrogens is 260 g/mol. The summed E-state index contributed by atoms with van der Waals surface area (Å²) in [6, 6.07) is 3.14. The van der Waals surface area contributed by atoms with Crippen molar-refractivity contribution in [2.45, 2.75) is 82.1 Å². The molecule has 2 aliphatic carbocycles. The van der Waals surface area contributed by atoms with Crippen molar-refractivity contribution < 1.29 is 0 Å². The zero-order valence-electron chi connectivity index (χ0n) is 13.5. The highest BCUT2D eigenvalue weighted by Crippen LogP contribution is 2.34. The Bertz CT molecular complexity index is 415. The molecule has 0 bridgehead atoms. The second-order valence-electron chi connectivity index (χ2n) is 7.69. The summed E-state index contributed by atoms with van der Waals surface area (Å²) in [5, 5.41) is 7.89. The van der Waals surface area contributed by atoms with E-state index in [0.717, 1.165) is 5.92 Å². The SMILES string of the molecule is CC1=NC2CC3NCC(C4CCCCC4)NC3CC2N1C. The molecular formula is C17H30N4. The largest absolute Gasteiger partial charge is 0.358 e. The average molecular weight is 290 g/mol. The van der Waals surface area contributed by atoms with Crippen LogP contribution in [0.2, 0.25) is 0 Å². The molecule has 2 aliphatic heterocycles. The minimum atomic E-state index is 0.525. The molecule has 3 fully saturated rings. The Balaban J connectivity index is 1.42. The molecule has 2 saturated carbocycles. The highest BCUT2D eigenvalue weighted by Gasteiger charge is 2.45. The van der Waals surface area contributed by atoms with Crippen molar-refractivity contribution in [2.24, 2.45) is 10.9 Å². The molecule has 21 heavy (non-hydrogen) atoms. The van der Waals surface area contributed by atoms with Crippen LogP contribution in [0.4, 0.5) is 0 Å². The second kappa shape index (κ2) is 5.54. The van der Waals surface area contributed by atoms with Gasteiger partial charge in [0, 0.05) is 31.7 Å². The van der Waals surface area contributed by atoms with E-state index >= 15 is 0 Å². The molecule has 5 unspecified atom stereocenters. The maximum Gasteiger partial charge on any atom is 0.0962 e. The lowest BCUT2D eigenvalue weighted by Gasteiger charge is -2.48. The molecule has 0 spiro atoms. The van der Waals surface area contributed by atoms with E-state index in [1.54, 1.807) is 0 Å². The Kier molecular flexibility index (Phi) is 3.70. The second-order valence-corrected chi connectivity index (χ2v) is 7.69. The molecule has 0 radical (unpaired) electrons.